The van der Waals surface area contributed by atoms with Crippen LogP contribution in [0.2, 0.25) is 0 Å². The topological polar surface area (TPSA) is 145 Å². The zero-order chi connectivity index (χ0) is 53.3. The van der Waals surface area contributed by atoms with Crippen molar-refractivity contribution >= 4 is 52.0 Å². The summed E-state index contributed by atoms with van der Waals surface area (Å²) in [7, 11) is 2.23. The van der Waals surface area contributed by atoms with Crippen LogP contribution in [-0.4, -0.2) is 106 Å². The van der Waals surface area contributed by atoms with Crippen molar-refractivity contribution < 1.29 is 42.9 Å². The van der Waals surface area contributed by atoms with E-state index in [1.807, 2.05) is 22.5 Å². The standard InChI is InChI=1S/C60H88FN3O9S/c1-10-37(3)60(8)49(72-51(68)36-74-43-31-40-21-22-41(32-43)62(40)9)34-58(6,11-2)56(39(5)59(7)27-24-48(66)55(59)60)73-50(67)19-17-15-13-12-14-16-18-30-71-57(70)46-35-64-38(4)20-23-44-52(64)45(54(46)69)33-47(61)53(44)63-28-25-42(65)26-29-63/h11,33,35,37-43,49,55-56,65H,2,10,12-32,34,36H2,1,3-9H3/t37?,38?,39-,40?,41?,43?,49+,55?,56-,58+,59?,60-/m1/s1. The number of halogens is 1. The molecule has 74 heavy (non-hydrogen) atoms. The van der Waals surface area contributed by atoms with Gasteiger partial charge in [-0.15, -0.1) is 18.3 Å². The summed E-state index contributed by atoms with van der Waals surface area (Å²) in [5.74, 6) is -1.59. The van der Waals surface area contributed by atoms with Crippen LogP contribution in [0.15, 0.2) is 29.7 Å². The third-order valence-electron chi connectivity index (χ3n) is 20.0. The van der Waals surface area contributed by atoms with Gasteiger partial charge in [-0.3, -0.25) is 19.2 Å². The number of ether oxygens (including phenoxy) is 3. The smallest absolute Gasteiger partial charge is 0.343 e. The van der Waals surface area contributed by atoms with Crippen LogP contribution in [0.25, 0.3) is 10.9 Å². The number of aliphatic hydroxyl groups is 1. The van der Waals surface area contributed by atoms with Crippen LogP contribution < -0.4 is 10.3 Å². The number of fused-ring (bicyclic) bond motifs is 3. The molecule has 1 aromatic carbocycles. The number of aliphatic hydroxyl groups excluding tert-OH is 1. The third-order valence-corrected chi connectivity index (χ3v) is 21.3. The van der Waals surface area contributed by atoms with Gasteiger partial charge in [0.2, 0.25) is 5.43 Å². The summed E-state index contributed by atoms with van der Waals surface area (Å²) in [6.07, 6.45) is 17.6. The Hall–Kier alpha value is -3.75. The Morgan fingerprint density at radius 1 is 0.932 bits per heavy atom. The quantitative estimate of drug-likeness (QED) is 0.0583. The molecule has 2 aliphatic carbocycles. The Bertz CT molecular complexity index is 2440. The van der Waals surface area contributed by atoms with E-state index in [2.05, 4.69) is 60.1 Å². The number of pyridine rings is 1. The Morgan fingerprint density at radius 3 is 2.26 bits per heavy atom. The van der Waals surface area contributed by atoms with Crippen molar-refractivity contribution in [3.05, 3.63) is 52.1 Å². The first kappa shape index (κ1) is 56.5. The minimum Gasteiger partial charge on any atom is -0.462 e. The minimum absolute atomic E-state index is 0.0144. The number of hydrogen-bond acceptors (Lipinski definition) is 12. The monoisotopic (exact) mass is 1050 g/mol. The normalized spacial score (nSPS) is 32.7. The number of nitrogens with zero attached hydrogens (tertiary/aromatic N) is 3. The van der Waals surface area contributed by atoms with E-state index in [1.165, 1.54) is 18.9 Å². The van der Waals surface area contributed by atoms with E-state index in [9.17, 15) is 29.1 Å². The number of carbonyl (C=O) groups excluding carboxylic acids is 4. The van der Waals surface area contributed by atoms with Crippen molar-refractivity contribution in [2.75, 3.05) is 37.4 Å². The fraction of sp³-hybridized carbons (Fsp3) is 0.750. The number of ketones is 1. The summed E-state index contributed by atoms with van der Waals surface area (Å²) < 4.78 is 36.7. The van der Waals surface area contributed by atoms with Crippen LogP contribution in [0, 0.1) is 39.8 Å². The van der Waals surface area contributed by atoms with Gasteiger partial charge in [-0.05, 0) is 108 Å². The van der Waals surface area contributed by atoms with Crippen molar-refractivity contribution in [1.82, 2.24) is 9.47 Å². The van der Waals surface area contributed by atoms with Gasteiger partial charge in [-0.2, -0.15) is 0 Å². The number of benzene rings is 1. The molecule has 1 N–H and O–H groups in total. The van der Waals surface area contributed by atoms with E-state index < -0.39 is 51.8 Å². The predicted octanol–water partition coefficient (Wildman–Crippen LogP) is 11.3. The van der Waals surface area contributed by atoms with Crippen molar-refractivity contribution in [3.63, 3.8) is 0 Å². The lowest BCUT2D eigenvalue weighted by atomic mass is 9.48. The van der Waals surface area contributed by atoms with Gasteiger partial charge in [0.25, 0.3) is 0 Å². The second kappa shape index (κ2) is 23.5. The van der Waals surface area contributed by atoms with Crippen LogP contribution in [0.5, 0.6) is 0 Å². The highest BCUT2D eigenvalue weighted by Crippen LogP contribution is 2.63. The molecule has 6 aliphatic rings. The SMILES string of the molecule is C=C[C@@]1(C)C[C@H](OC(=O)CSC2CC3CCC(C2)N3C)[C@@](C)(C(C)CC)C2C(=O)CCC2(C)[C@H](C)[C@H]1OC(=O)CCCCCCCCCOC(=O)c1cn2c3c(c(N4CCC(O)CC4)c(F)cc3c1=O)CCC2C. The second-order valence-corrected chi connectivity index (χ2v) is 25.7. The number of carbonyl (C=O) groups is 4. The van der Waals surface area contributed by atoms with Gasteiger partial charge < -0.3 is 33.7 Å². The number of Topliss-reactive ketones (excluding diaryl/α,β-unsaturated/α-hetero) is 1. The number of anilines is 1. The maximum absolute atomic E-state index is 15.8. The molecule has 4 aliphatic heterocycles. The fourth-order valence-corrected chi connectivity index (χ4v) is 16.0. The van der Waals surface area contributed by atoms with Gasteiger partial charge in [0.15, 0.2) is 0 Å². The van der Waals surface area contributed by atoms with Gasteiger partial charge in [0.1, 0.15) is 29.4 Å². The molecule has 2 saturated carbocycles. The lowest BCUT2D eigenvalue weighted by Crippen LogP contribution is -2.60. The molecule has 11 atom stereocenters. The molecule has 2 bridgehead atoms. The van der Waals surface area contributed by atoms with Crippen molar-refractivity contribution in [3.8, 4) is 0 Å². The van der Waals surface area contributed by atoms with Gasteiger partial charge in [0, 0.05) is 89.1 Å². The Labute approximate surface area is 444 Å². The Kier molecular flexibility index (Phi) is 17.9. The van der Waals surface area contributed by atoms with Crippen molar-refractivity contribution in [2.24, 2.45) is 34.0 Å². The zero-order valence-electron chi connectivity index (χ0n) is 46.0. The lowest BCUT2D eigenvalue weighted by molar-refractivity contribution is -0.198. The highest BCUT2D eigenvalue weighted by molar-refractivity contribution is 8.00. The highest BCUT2D eigenvalue weighted by Gasteiger charge is 2.65. The molecule has 5 fully saturated rings. The average Bonchev–Trinajstić information content (AvgIpc) is 3.78. The van der Waals surface area contributed by atoms with Crippen LogP contribution >= 0.6 is 11.8 Å². The molecule has 8 rings (SSSR count). The number of piperidine rings is 2. The van der Waals surface area contributed by atoms with Crippen LogP contribution in [0.1, 0.15) is 192 Å². The summed E-state index contributed by atoms with van der Waals surface area (Å²) >= 11 is 1.73. The molecule has 2 aromatic rings. The van der Waals surface area contributed by atoms with Gasteiger partial charge >= 0.3 is 17.9 Å². The molecular weight excluding hydrogens is 958 g/mol. The fourth-order valence-electron chi connectivity index (χ4n) is 14.9. The maximum Gasteiger partial charge on any atom is 0.343 e. The zero-order valence-corrected chi connectivity index (χ0v) is 46.8. The van der Waals surface area contributed by atoms with E-state index in [4.69, 9.17) is 14.2 Å². The van der Waals surface area contributed by atoms with Crippen LogP contribution in [0.3, 0.4) is 0 Å². The molecule has 3 saturated heterocycles. The van der Waals surface area contributed by atoms with Gasteiger partial charge in [-0.1, -0.05) is 86.1 Å². The van der Waals surface area contributed by atoms with Gasteiger partial charge in [-0.25, -0.2) is 9.18 Å². The maximum atomic E-state index is 15.8. The number of thioether (sulfide) groups is 1. The Morgan fingerprint density at radius 2 is 1.59 bits per heavy atom. The molecule has 12 nitrogen and oxygen atoms in total. The van der Waals surface area contributed by atoms with Gasteiger partial charge in [0.05, 0.1) is 29.7 Å². The first-order valence-electron chi connectivity index (χ1n) is 28.6. The highest BCUT2D eigenvalue weighted by atomic mass is 32.2. The average molecular weight is 1050 g/mol. The molecular formula is C60H88FN3O9S. The molecule has 6 unspecified atom stereocenters. The number of hydrogen-bond donors (Lipinski definition) is 1. The largest absolute Gasteiger partial charge is 0.462 e. The molecule has 5 heterocycles. The van der Waals surface area contributed by atoms with Crippen LogP contribution in [-0.2, 0) is 35.0 Å². The predicted molar refractivity (Wildman–Crippen MR) is 291 cm³/mol. The Balaban J connectivity index is 0.819. The molecule has 410 valence electrons. The van der Waals surface area contributed by atoms with Crippen molar-refractivity contribution in [2.45, 2.75) is 219 Å². The summed E-state index contributed by atoms with van der Waals surface area (Å²) in [5, 5.41) is 10.7. The minimum atomic E-state index is -0.725. The number of aromatic nitrogens is 1. The molecule has 0 radical (unpaired) electrons. The van der Waals surface area contributed by atoms with E-state index in [-0.39, 0.29) is 71.2 Å². The molecule has 0 spiro atoms. The summed E-state index contributed by atoms with van der Waals surface area (Å²) in [5.41, 5.74) is -0.473. The second-order valence-electron chi connectivity index (χ2n) is 24.5. The first-order valence-corrected chi connectivity index (χ1v) is 29.7. The number of aryl methyl sites for hydroxylation is 1. The number of unbranched alkanes of at least 4 members (excludes halogenated alkanes) is 6. The lowest BCUT2D eigenvalue weighted by Gasteiger charge is -2.58. The first-order chi connectivity index (χ1) is 35.2. The molecule has 1 aromatic heterocycles. The number of rotatable bonds is 20. The third kappa shape index (κ3) is 11.2. The molecule has 0 amide bonds. The van der Waals surface area contributed by atoms with E-state index in [1.54, 1.807) is 18.0 Å². The van der Waals surface area contributed by atoms with E-state index in [0.29, 0.717) is 93.0 Å². The molecule has 14 heteroatoms. The van der Waals surface area contributed by atoms with Crippen LogP contribution in [0.4, 0.5) is 10.1 Å². The number of esters is 3. The summed E-state index contributed by atoms with van der Waals surface area (Å²) in [4.78, 5) is 73.8. The van der Waals surface area contributed by atoms with Crippen molar-refractivity contribution in [1.29, 1.82) is 0 Å². The van der Waals surface area contributed by atoms with E-state index in [0.717, 1.165) is 63.4 Å². The summed E-state index contributed by atoms with van der Waals surface area (Å²) in [6.45, 7) is 20.6. The van der Waals surface area contributed by atoms with E-state index >= 15 is 4.39 Å². The summed E-state index contributed by atoms with van der Waals surface area (Å²) in [6, 6.07) is 2.47.